The third kappa shape index (κ3) is 4.14. The molecule has 0 saturated carbocycles. The van der Waals surface area contributed by atoms with Gasteiger partial charge in [-0.15, -0.1) is 0 Å². The van der Waals surface area contributed by atoms with E-state index in [-0.39, 0.29) is 22.2 Å². The molecule has 1 rings (SSSR count). The second-order valence-corrected chi connectivity index (χ2v) is 4.97. The lowest BCUT2D eigenvalue weighted by molar-refractivity contribution is -0.118. The van der Waals surface area contributed by atoms with Crippen LogP contribution in [0.3, 0.4) is 0 Å². The Hall–Kier alpha value is -1.43. The molecule has 0 spiro atoms. The summed E-state index contributed by atoms with van der Waals surface area (Å²) < 4.78 is 24.8. The number of hydrogen-bond acceptors (Lipinski definition) is 3. The van der Waals surface area contributed by atoms with Crippen LogP contribution in [0, 0.1) is 5.82 Å². The summed E-state index contributed by atoms with van der Waals surface area (Å²) in [6.45, 7) is 2.47. The Labute approximate surface area is 102 Å². The van der Waals surface area contributed by atoms with Gasteiger partial charge in [-0.25, -0.2) is 4.39 Å². The third-order valence-corrected chi connectivity index (χ3v) is 3.37. The maximum Gasteiger partial charge on any atom is 0.232 e. The lowest BCUT2D eigenvalue weighted by atomic mass is 10.3. The average molecular weight is 258 g/mol. The summed E-state index contributed by atoms with van der Waals surface area (Å²) in [7, 11) is -1.54. The maximum atomic E-state index is 13.1. The van der Waals surface area contributed by atoms with Gasteiger partial charge < -0.3 is 11.1 Å². The highest BCUT2D eigenvalue weighted by Crippen LogP contribution is 2.14. The smallest absolute Gasteiger partial charge is 0.232 e. The van der Waals surface area contributed by atoms with Crippen LogP contribution in [-0.4, -0.2) is 22.4 Å². The Kier molecular flexibility index (Phi) is 5.09. The fourth-order valence-electron chi connectivity index (χ4n) is 1.17. The molecule has 0 aliphatic rings. The minimum absolute atomic E-state index is 0.00110. The number of nitrogen functional groups attached to an aromatic ring is 1. The number of amides is 1. The molecule has 4 nitrogen and oxygen atoms in total. The van der Waals surface area contributed by atoms with Crippen molar-refractivity contribution in [1.82, 2.24) is 5.32 Å². The van der Waals surface area contributed by atoms with Gasteiger partial charge in [0.05, 0.1) is 16.5 Å². The van der Waals surface area contributed by atoms with E-state index in [2.05, 4.69) is 5.32 Å². The van der Waals surface area contributed by atoms with E-state index in [1.807, 2.05) is 6.92 Å². The number of carbonyl (C=O) groups is 1. The van der Waals surface area contributed by atoms with Crippen LogP contribution in [0.15, 0.2) is 23.1 Å². The first-order chi connectivity index (χ1) is 8.04. The topological polar surface area (TPSA) is 72.2 Å². The van der Waals surface area contributed by atoms with E-state index in [0.717, 1.165) is 12.5 Å². The van der Waals surface area contributed by atoms with Crippen LogP contribution in [0.2, 0.25) is 0 Å². The zero-order chi connectivity index (χ0) is 12.8. The van der Waals surface area contributed by atoms with E-state index in [9.17, 15) is 13.4 Å². The number of rotatable bonds is 5. The Bertz CT molecular complexity index is 437. The van der Waals surface area contributed by atoms with Gasteiger partial charge in [0.15, 0.2) is 0 Å². The first kappa shape index (κ1) is 13.6. The summed E-state index contributed by atoms with van der Waals surface area (Å²) >= 11 is 0. The molecule has 0 aliphatic heterocycles. The van der Waals surface area contributed by atoms with E-state index in [4.69, 9.17) is 5.73 Å². The number of nitrogens with two attached hydrogens (primary N) is 1. The van der Waals surface area contributed by atoms with Crippen molar-refractivity contribution >= 4 is 22.4 Å². The zero-order valence-corrected chi connectivity index (χ0v) is 10.3. The SMILES string of the molecule is CCCNC(=O)CS(=O)c1ccc(N)c(F)c1. The van der Waals surface area contributed by atoms with Crippen molar-refractivity contribution in [3.63, 3.8) is 0 Å². The molecule has 0 bridgehead atoms. The highest BCUT2D eigenvalue weighted by Gasteiger charge is 2.11. The van der Waals surface area contributed by atoms with Gasteiger partial charge >= 0.3 is 0 Å². The summed E-state index contributed by atoms with van der Waals surface area (Å²) in [5.74, 6) is -1.09. The summed E-state index contributed by atoms with van der Waals surface area (Å²) in [6, 6.07) is 3.90. The molecule has 0 heterocycles. The molecule has 17 heavy (non-hydrogen) atoms. The molecule has 0 aliphatic carbocycles. The van der Waals surface area contributed by atoms with E-state index in [0.29, 0.717) is 6.54 Å². The highest BCUT2D eigenvalue weighted by molar-refractivity contribution is 7.85. The van der Waals surface area contributed by atoms with Gasteiger partial charge in [-0.2, -0.15) is 0 Å². The van der Waals surface area contributed by atoms with Crippen molar-refractivity contribution in [1.29, 1.82) is 0 Å². The Morgan fingerprint density at radius 3 is 2.82 bits per heavy atom. The van der Waals surface area contributed by atoms with Crippen LogP contribution in [-0.2, 0) is 15.6 Å². The van der Waals surface area contributed by atoms with Gasteiger partial charge in [-0.1, -0.05) is 6.92 Å². The van der Waals surface area contributed by atoms with Crippen molar-refractivity contribution in [2.24, 2.45) is 0 Å². The standard InChI is InChI=1S/C11H15FN2O2S/c1-2-5-14-11(15)7-17(16)8-3-4-10(13)9(12)6-8/h3-4,6H,2,5,7,13H2,1H3,(H,14,15). The summed E-state index contributed by atoms with van der Waals surface area (Å²) in [5.41, 5.74) is 5.30. The normalized spacial score (nSPS) is 12.1. The fraction of sp³-hybridized carbons (Fsp3) is 0.364. The molecule has 3 N–H and O–H groups in total. The lowest BCUT2D eigenvalue weighted by Crippen LogP contribution is -2.28. The average Bonchev–Trinajstić information content (AvgIpc) is 2.30. The Morgan fingerprint density at radius 2 is 2.24 bits per heavy atom. The van der Waals surface area contributed by atoms with Gasteiger partial charge in [-0.05, 0) is 24.6 Å². The minimum Gasteiger partial charge on any atom is -0.396 e. The number of benzene rings is 1. The molecule has 1 aromatic carbocycles. The number of halogens is 1. The molecule has 0 aromatic heterocycles. The van der Waals surface area contributed by atoms with E-state index >= 15 is 0 Å². The van der Waals surface area contributed by atoms with Crippen molar-refractivity contribution < 1.29 is 13.4 Å². The summed E-state index contributed by atoms with van der Waals surface area (Å²) in [4.78, 5) is 11.6. The predicted octanol–water partition coefficient (Wildman–Crippen LogP) is 1.04. The van der Waals surface area contributed by atoms with Crippen LogP contribution < -0.4 is 11.1 Å². The lowest BCUT2D eigenvalue weighted by Gasteiger charge is -2.04. The highest BCUT2D eigenvalue weighted by atomic mass is 32.2. The van der Waals surface area contributed by atoms with Gasteiger partial charge in [0.25, 0.3) is 0 Å². The minimum atomic E-state index is -1.54. The molecule has 0 saturated heterocycles. The molecular weight excluding hydrogens is 243 g/mol. The number of hydrogen-bond donors (Lipinski definition) is 2. The van der Waals surface area contributed by atoms with E-state index in [1.165, 1.54) is 12.1 Å². The quantitative estimate of drug-likeness (QED) is 0.775. The van der Waals surface area contributed by atoms with Crippen molar-refractivity contribution in [2.75, 3.05) is 18.0 Å². The largest absolute Gasteiger partial charge is 0.396 e. The monoisotopic (exact) mass is 258 g/mol. The van der Waals surface area contributed by atoms with Gasteiger partial charge in [-0.3, -0.25) is 9.00 Å². The zero-order valence-electron chi connectivity index (χ0n) is 9.53. The van der Waals surface area contributed by atoms with Crippen LogP contribution in [0.1, 0.15) is 13.3 Å². The Morgan fingerprint density at radius 1 is 1.53 bits per heavy atom. The first-order valence-corrected chi connectivity index (χ1v) is 6.56. The van der Waals surface area contributed by atoms with E-state index in [1.54, 1.807) is 0 Å². The van der Waals surface area contributed by atoms with Crippen molar-refractivity contribution in [3.8, 4) is 0 Å². The van der Waals surface area contributed by atoms with Gasteiger partial charge in [0.2, 0.25) is 5.91 Å². The number of nitrogens with one attached hydrogen (secondary N) is 1. The second-order valence-electron chi connectivity index (χ2n) is 3.52. The predicted molar refractivity (Wildman–Crippen MR) is 65.4 cm³/mol. The molecule has 1 unspecified atom stereocenters. The van der Waals surface area contributed by atoms with E-state index < -0.39 is 16.6 Å². The third-order valence-electron chi connectivity index (χ3n) is 2.07. The second kappa shape index (κ2) is 6.34. The molecule has 1 amide bonds. The van der Waals surface area contributed by atoms with Gasteiger partial charge in [0, 0.05) is 11.4 Å². The molecule has 6 heteroatoms. The van der Waals surface area contributed by atoms with Crippen LogP contribution in [0.5, 0.6) is 0 Å². The molecule has 1 aromatic rings. The van der Waals surface area contributed by atoms with Gasteiger partial charge in [0.1, 0.15) is 11.6 Å². The maximum absolute atomic E-state index is 13.1. The van der Waals surface area contributed by atoms with Crippen LogP contribution in [0.4, 0.5) is 10.1 Å². The fourth-order valence-corrected chi connectivity index (χ4v) is 2.13. The van der Waals surface area contributed by atoms with Crippen molar-refractivity contribution in [2.45, 2.75) is 18.2 Å². The Balaban J connectivity index is 2.63. The van der Waals surface area contributed by atoms with Crippen LogP contribution in [0.25, 0.3) is 0 Å². The number of carbonyl (C=O) groups excluding carboxylic acids is 1. The molecular formula is C11H15FN2O2S. The summed E-state index contributed by atoms with van der Waals surface area (Å²) in [5, 5.41) is 2.61. The van der Waals surface area contributed by atoms with Crippen molar-refractivity contribution in [3.05, 3.63) is 24.0 Å². The first-order valence-electron chi connectivity index (χ1n) is 5.24. The van der Waals surface area contributed by atoms with Crippen LogP contribution >= 0.6 is 0 Å². The molecule has 0 radical (unpaired) electrons. The summed E-state index contributed by atoms with van der Waals surface area (Å²) in [6.07, 6.45) is 0.814. The molecule has 94 valence electrons. The number of anilines is 1. The molecule has 1 atom stereocenters. The molecule has 0 fully saturated rings.